The zero-order chi connectivity index (χ0) is 14.9. The average Bonchev–Trinajstić information content (AvgIpc) is 3.09. The summed E-state index contributed by atoms with van der Waals surface area (Å²) in [7, 11) is 0. The standard InChI is InChI=1S/C14H21ClN4O/c1-8(13(20)19-14(2,3)4)16-11-7-10(15)17-12(18-11)9-5-6-9/h7-9H,5-6H2,1-4H3,(H,19,20)(H,16,17,18). The van der Waals surface area contributed by atoms with Crippen LogP contribution in [0.2, 0.25) is 5.15 Å². The van der Waals surface area contributed by atoms with Crippen molar-refractivity contribution in [3.63, 3.8) is 0 Å². The molecule has 1 heterocycles. The SMILES string of the molecule is CC(Nc1cc(Cl)nc(C2CC2)n1)C(=O)NC(C)(C)C. The second kappa shape index (κ2) is 5.56. The third-order valence-electron chi connectivity index (χ3n) is 2.91. The van der Waals surface area contributed by atoms with Gasteiger partial charge in [-0.1, -0.05) is 11.6 Å². The van der Waals surface area contributed by atoms with Crippen molar-refractivity contribution in [2.24, 2.45) is 0 Å². The predicted molar refractivity (Wildman–Crippen MR) is 80.0 cm³/mol. The van der Waals surface area contributed by atoms with E-state index in [0.717, 1.165) is 18.7 Å². The van der Waals surface area contributed by atoms with Crippen LogP contribution in [0.4, 0.5) is 5.82 Å². The summed E-state index contributed by atoms with van der Waals surface area (Å²) < 4.78 is 0. The molecule has 1 atom stereocenters. The van der Waals surface area contributed by atoms with Gasteiger partial charge >= 0.3 is 0 Å². The van der Waals surface area contributed by atoms with Gasteiger partial charge < -0.3 is 10.6 Å². The van der Waals surface area contributed by atoms with Crippen LogP contribution < -0.4 is 10.6 Å². The molecule has 1 aliphatic rings. The van der Waals surface area contributed by atoms with Crippen LogP contribution in [-0.4, -0.2) is 27.5 Å². The molecular weight excluding hydrogens is 276 g/mol. The second-order valence-electron chi connectivity index (χ2n) is 6.31. The fraction of sp³-hybridized carbons (Fsp3) is 0.643. The number of carbonyl (C=O) groups excluding carboxylic acids is 1. The summed E-state index contributed by atoms with van der Waals surface area (Å²) in [5.74, 6) is 1.72. The lowest BCUT2D eigenvalue weighted by molar-refractivity contribution is -0.122. The summed E-state index contributed by atoms with van der Waals surface area (Å²) in [6, 6.07) is 1.26. The van der Waals surface area contributed by atoms with E-state index < -0.39 is 0 Å². The molecule has 110 valence electrons. The first-order valence-electron chi connectivity index (χ1n) is 6.87. The molecule has 0 spiro atoms. The van der Waals surface area contributed by atoms with E-state index in [1.54, 1.807) is 13.0 Å². The van der Waals surface area contributed by atoms with E-state index in [1.807, 2.05) is 20.8 Å². The molecule has 20 heavy (non-hydrogen) atoms. The number of amides is 1. The van der Waals surface area contributed by atoms with Crippen LogP contribution in [0.5, 0.6) is 0 Å². The Morgan fingerprint density at radius 1 is 1.40 bits per heavy atom. The fourth-order valence-corrected chi connectivity index (χ4v) is 1.99. The lowest BCUT2D eigenvalue weighted by Gasteiger charge is -2.24. The molecule has 1 aromatic rings. The molecular formula is C14H21ClN4O. The Bertz CT molecular complexity index is 508. The van der Waals surface area contributed by atoms with Gasteiger partial charge in [0.05, 0.1) is 0 Å². The van der Waals surface area contributed by atoms with E-state index in [4.69, 9.17) is 11.6 Å². The quantitative estimate of drug-likeness (QED) is 0.838. The maximum absolute atomic E-state index is 12.0. The highest BCUT2D eigenvalue weighted by Crippen LogP contribution is 2.38. The summed E-state index contributed by atoms with van der Waals surface area (Å²) in [5, 5.41) is 6.42. The third kappa shape index (κ3) is 4.34. The fourth-order valence-electron chi connectivity index (χ4n) is 1.80. The van der Waals surface area contributed by atoms with Gasteiger partial charge in [-0.25, -0.2) is 9.97 Å². The largest absolute Gasteiger partial charge is 0.358 e. The number of hydrogen-bond acceptors (Lipinski definition) is 4. The average molecular weight is 297 g/mol. The normalized spacial score (nSPS) is 16.6. The van der Waals surface area contributed by atoms with Crippen molar-refractivity contribution in [1.82, 2.24) is 15.3 Å². The lowest BCUT2D eigenvalue weighted by Crippen LogP contribution is -2.47. The number of aromatic nitrogens is 2. The van der Waals surface area contributed by atoms with E-state index in [9.17, 15) is 4.79 Å². The summed E-state index contributed by atoms with van der Waals surface area (Å²) in [4.78, 5) is 20.7. The molecule has 5 nitrogen and oxygen atoms in total. The van der Waals surface area contributed by atoms with E-state index in [0.29, 0.717) is 16.9 Å². The van der Waals surface area contributed by atoms with Crippen molar-refractivity contribution in [1.29, 1.82) is 0 Å². The van der Waals surface area contributed by atoms with Gasteiger partial charge in [-0.2, -0.15) is 0 Å². The first-order valence-corrected chi connectivity index (χ1v) is 7.25. The number of halogens is 1. The molecule has 0 bridgehead atoms. The molecule has 1 aliphatic carbocycles. The van der Waals surface area contributed by atoms with E-state index in [-0.39, 0.29) is 17.5 Å². The third-order valence-corrected chi connectivity index (χ3v) is 3.10. The van der Waals surface area contributed by atoms with Crippen LogP contribution >= 0.6 is 11.6 Å². The lowest BCUT2D eigenvalue weighted by atomic mass is 10.1. The molecule has 1 fully saturated rings. The van der Waals surface area contributed by atoms with Crippen LogP contribution in [0.15, 0.2) is 6.07 Å². The van der Waals surface area contributed by atoms with Crippen molar-refractivity contribution >= 4 is 23.3 Å². The van der Waals surface area contributed by atoms with Crippen LogP contribution in [-0.2, 0) is 4.79 Å². The number of carbonyl (C=O) groups is 1. The number of rotatable bonds is 4. The number of anilines is 1. The molecule has 0 radical (unpaired) electrons. The summed E-state index contributed by atoms with van der Waals surface area (Å²) >= 11 is 6.00. The Balaban J connectivity index is 2.03. The summed E-state index contributed by atoms with van der Waals surface area (Å²) in [6.45, 7) is 7.65. The molecule has 2 N–H and O–H groups in total. The molecule has 2 rings (SSSR count). The molecule has 0 saturated heterocycles. The highest BCUT2D eigenvalue weighted by Gasteiger charge is 2.27. The smallest absolute Gasteiger partial charge is 0.242 e. The second-order valence-corrected chi connectivity index (χ2v) is 6.70. The maximum Gasteiger partial charge on any atom is 0.242 e. The predicted octanol–water partition coefficient (Wildman–Crippen LogP) is 2.72. The van der Waals surface area contributed by atoms with E-state index in [2.05, 4.69) is 20.6 Å². The van der Waals surface area contributed by atoms with Crippen molar-refractivity contribution in [3.8, 4) is 0 Å². The van der Waals surface area contributed by atoms with Gasteiger partial charge in [0.1, 0.15) is 22.8 Å². The zero-order valence-corrected chi connectivity index (χ0v) is 13.1. The minimum Gasteiger partial charge on any atom is -0.358 e. The van der Waals surface area contributed by atoms with Gasteiger partial charge in [-0.3, -0.25) is 4.79 Å². The summed E-state index contributed by atoms with van der Waals surface area (Å²) in [5.41, 5.74) is -0.254. The Morgan fingerprint density at radius 3 is 2.60 bits per heavy atom. The Kier molecular flexibility index (Phi) is 4.18. The number of hydrogen-bond donors (Lipinski definition) is 2. The molecule has 1 aromatic heterocycles. The minimum atomic E-state index is -0.382. The van der Waals surface area contributed by atoms with Gasteiger partial charge in [-0.15, -0.1) is 0 Å². The van der Waals surface area contributed by atoms with Crippen molar-refractivity contribution in [3.05, 3.63) is 17.0 Å². The van der Waals surface area contributed by atoms with Crippen LogP contribution in [0.3, 0.4) is 0 Å². The zero-order valence-electron chi connectivity index (χ0n) is 12.3. The first-order chi connectivity index (χ1) is 9.24. The monoisotopic (exact) mass is 296 g/mol. The van der Waals surface area contributed by atoms with Crippen molar-refractivity contribution < 1.29 is 4.79 Å². The molecule has 1 unspecified atom stereocenters. The Morgan fingerprint density at radius 2 is 2.05 bits per heavy atom. The van der Waals surface area contributed by atoms with E-state index >= 15 is 0 Å². The van der Waals surface area contributed by atoms with Gasteiger partial charge in [-0.05, 0) is 40.5 Å². The molecule has 0 aliphatic heterocycles. The highest BCUT2D eigenvalue weighted by atomic mass is 35.5. The van der Waals surface area contributed by atoms with Gasteiger partial charge in [0.2, 0.25) is 5.91 Å². The van der Waals surface area contributed by atoms with Gasteiger partial charge in [0.15, 0.2) is 0 Å². The number of nitrogens with zero attached hydrogens (tertiary/aromatic N) is 2. The minimum absolute atomic E-state index is 0.0693. The Labute approximate surface area is 124 Å². The highest BCUT2D eigenvalue weighted by molar-refractivity contribution is 6.29. The molecule has 1 saturated carbocycles. The van der Waals surface area contributed by atoms with Crippen molar-refractivity contribution in [2.75, 3.05) is 5.32 Å². The van der Waals surface area contributed by atoms with Gasteiger partial charge in [0, 0.05) is 17.5 Å². The molecule has 6 heteroatoms. The van der Waals surface area contributed by atoms with E-state index in [1.165, 1.54) is 0 Å². The first kappa shape index (κ1) is 15.0. The Hall–Kier alpha value is -1.36. The number of nitrogens with one attached hydrogen (secondary N) is 2. The van der Waals surface area contributed by atoms with Crippen LogP contribution in [0.1, 0.15) is 52.3 Å². The van der Waals surface area contributed by atoms with Gasteiger partial charge in [0.25, 0.3) is 0 Å². The maximum atomic E-state index is 12.0. The molecule has 1 amide bonds. The van der Waals surface area contributed by atoms with Crippen molar-refractivity contribution in [2.45, 2.75) is 58.0 Å². The topological polar surface area (TPSA) is 66.9 Å². The van der Waals surface area contributed by atoms with Crippen LogP contribution in [0, 0.1) is 0 Å². The van der Waals surface area contributed by atoms with Crippen LogP contribution in [0.25, 0.3) is 0 Å². The summed E-state index contributed by atoms with van der Waals surface area (Å²) in [6.07, 6.45) is 2.22. The molecule has 0 aromatic carbocycles.